The average molecular weight is 929 g/mol. The summed E-state index contributed by atoms with van der Waals surface area (Å²) in [6, 6.07) is 20.5. The van der Waals surface area contributed by atoms with Gasteiger partial charge in [-0.1, -0.05) is 48.5 Å². The normalized spacial score (nSPS) is 11.6. The molecule has 0 atom stereocenters. The summed E-state index contributed by atoms with van der Waals surface area (Å²) in [7, 11) is 0. The van der Waals surface area contributed by atoms with Crippen LogP contribution in [0.4, 0.5) is 87.8 Å². The van der Waals surface area contributed by atoms with Gasteiger partial charge in [-0.15, -0.1) is 21.9 Å². The Morgan fingerprint density at radius 3 is 0.938 bits per heavy atom. The maximum Gasteiger partial charge on any atom is 0.215 e. The summed E-state index contributed by atoms with van der Waals surface area (Å²) in [5.74, 6) is -71.4. The molecule has 0 unspecified atom stereocenters. The second kappa shape index (κ2) is 17.5. The van der Waals surface area contributed by atoms with Gasteiger partial charge < -0.3 is 5.11 Å². The summed E-state index contributed by atoms with van der Waals surface area (Å²) in [6.07, 6.45) is -5.17. The van der Waals surface area contributed by atoms with Crippen molar-refractivity contribution >= 4 is 38.8 Å². The predicted molar refractivity (Wildman–Crippen MR) is 185 cm³/mol. The molecule has 0 aliphatic carbocycles. The number of nitrogens with zero attached hydrogens (tertiary/aromatic N) is 1. The van der Waals surface area contributed by atoms with Crippen LogP contribution in [0.1, 0.15) is 11.3 Å². The molecule has 7 aromatic rings. The molecule has 0 aliphatic heterocycles. The molecule has 0 radical (unpaired) electrons. The molecule has 7 rings (SSSR count). The van der Waals surface area contributed by atoms with E-state index in [9.17, 15) is 57.8 Å². The maximum atomic E-state index is 15.4. The molecule has 0 spiro atoms. The first kappa shape index (κ1) is 46.8. The van der Waals surface area contributed by atoms with Crippen molar-refractivity contribution in [2.45, 2.75) is 13.2 Å². The van der Waals surface area contributed by atoms with Crippen LogP contribution in [0.3, 0.4) is 0 Å². The number of rotatable bonds is 7. The molecular weight excluding hydrogens is 913 g/mol. The number of aliphatic hydroxyl groups is 1. The van der Waals surface area contributed by atoms with E-state index in [4.69, 9.17) is 0 Å². The number of fused-ring (bicyclic) bond motifs is 1. The van der Waals surface area contributed by atoms with Gasteiger partial charge >= 0.3 is 0 Å². The Hall–Kier alpha value is -6.65. The minimum atomic E-state index is -7.22. The Morgan fingerprint density at radius 1 is 0.344 bits per heavy atom. The van der Waals surface area contributed by atoms with Crippen molar-refractivity contribution in [1.29, 1.82) is 0 Å². The van der Waals surface area contributed by atoms with Crippen LogP contribution in [-0.2, 0) is 13.2 Å². The first-order valence-electron chi connectivity index (χ1n) is 17.4. The van der Waals surface area contributed by atoms with Crippen molar-refractivity contribution in [3.8, 4) is 0 Å². The zero-order chi connectivity index (χ0) is 47.4. The van der Waals surface area contributed by atoms with Crippen LogP contribution >= 0.6 is 0 Å². The van der Waals surface area contributed by atoms with E-state index in [0.717, 1.165) is 23.0 Å². The Balaban J connectivity index is 0.000000295. The van der Waals surface area contributed by atoms with Gasteiger partial charge in [0.05, 0.1) is 5.39 Å². The van der Waals surface area contributed by atoms with Crippen LogP contribution in [0.5, 0.6) is 0 Å². The number of hydrogen-bond acceptors (Lipinski definition) is 1. The highest BCUT2D eigenvalue weighted by molar-refractivity contribution is 7.20. The van der Waals surface area contributed by atoms with Crippen LogP contribution < -0.4 is 26.4 Å². The fourth-order valence-electron chi connectivity index (χ4n) is 7.30. The van der Waals surface area contributed by atoms with Crippen molar-refractivity contribution in [2.75, 3.05) is 0 Å². The summed E-state index contributed by atoms with van der Waals surface area (Å²) in [4.78, 5) is 0. The van der Waals surface area contributed by atoms with Gasteiger partial charge in [0, 0.05) is 11.6 Å². The van der Waals surface area contributed by atoms with Crippen molar-refractivity contribution < 1.29 is 97.5 Å². The Morgan fingerprint density at radius 2 is 0.625 bits per heavy atom. The molecule has 1 N–H and O–H groups in total. The van der Waals surface area contributed by atoms with Crippen LogP contribution in [0.15, 0.2) is 66.9 Å². The van der Waals surface area contributed by atoms with E-state index in [1.165, 1.54) is 5.56 Å². The van der Waals surface area contributed by atoms with Crippen molar-refractivity contribution in [3.05, 3.63) is 194 Å². The third kappa shape index (κ3) is 7.14. The van der Waals surface area contributed by atoms with Crippen molar-refractivity contribution in [2.24, 2.45) is 0 Å². The van der Waals surface area contributed by atoms with E-state index in [1.807, 2.05) is 36.5 Å². The number of pyridine rings is 1. The predicted octanol–water partition coefficient (Wildman–Crippen LogP) is 8.51. The summed E-state index contributed by atoms with van der Waals surface area (Å²) >= 11 is 0. The van der Waals surface area contributed by atoms with E-state index in [2.05, 4.69) is 34.9 Å². The highest BCUT2D eigenvalue weighted by Gasteiger charge is 2.52. The molecule has 6 aromatic carbocycles. The monoisotopic (exact) mass is 929 g/mol. The van der Waals surface area contributed by atoms with Crippen molar-refractivity contribution in [1.82, 2.24) is 0 Å². The van der Waals surface area contributed by atoms with E-state index in [0.29, 0.717) is 0 Å². The van der Waals surface area contributed by atoms with Crippen LogP contribution in [0.25, 0.3) is 10.8 Å². The molecule has 0 aliphatic rings. The van der Waals surface area contributed by atoms with Gasteiger partial charge in [0.25, 0.3) is 0 Å². The lowest BCUT2D eigenvalue weighted by atomic mass is 9.12. The molecule has 23 heteroatoms. The van der Waals surface area contributed by atoms with Crippen LogP contribution in [-0.4, -0.2) is 11.3 Å². The van der Waals surface area contributed by atoms with E-state index < -0.39 is 144 Å². The molecule has 0 saturated heterocycles. The lowest BCUT2D eigenvalue weighted by molar-refractivity contribution is -0.696. The van der Waals surface area contributed by atoms with E-state index >= 15 is 35.1 Å². The lowest BCUT2D eigenvalue weighted by Crippen LogP contribution is -2.81. The van der Waals surface area contributed by atoms with Crippen molar-refractivity contribution in [3.63, 3.8) is 0 Å². The smallest absolute Gasteiger partial charge is 0.215 e. The average Bonchev–Trinajstić information content (AvgIpc) is 3.29. The Bertz CT molecular complexity index is 2640. The van der Waals surface area contributed by atoms with Gasteiger partial charge in [-0.2, -0.15) is 4.57 Å². The fourth-order valence-corrected chi connectivity index (χ4v) is 7.30. The molecule has 0 fully saturated rings. The van der Waals surface area contributed by atoms with Gasteiger partial charge in [0.2, 0.25) is 5.69 Å². The summed E-state index contributed by atoms with van der Waals surface area (Å²) < 4.78 is 296. The van der Waals surface area contributed by atoms with E-state index in [1.54, 1.807) is 0 Å². The van der Waals surface area contributed by atoms with Gasteiger partial charge in [-0.25, -0.2) is 87.8 Å². The number of benzene rings is 6. The molecule has 64 heavy (non-hydrogen) atoms. The molecule has 1 aromatic heterocycles. The fraction of sp³-hybridized carbons (Fsp3) is 0.0488. The second-order valence-corrected chi connectivity index (χ2v) is 13.4. The van der Waals surface area contributed by atoms with Gasteiger partial charge in [0.15, 0.2) is 82.5 Å². The lowest BCUT2D eigenvalue weighted by Gasteiger charge is -2.44. The van der Waals surface area contributed by atoms with Crippen LogP contribution in [0, 0.1) is 116 Å². The number of aliphatic hydroxyl groups excluding tert-OH is 1. The summed E-state index contributed by atoms with van der Waals surface area (Å²) in [6.45, 7) is 0.829. The minimum absolute atomic E-state index is 0.0498. The van der Waals surface area contributed by atoms with Gasteiger partial charge in [-0.05, 0) is 11.5 Å². The largest absolute Gasteiger partial charge is 0.385 e. The molecule has 0 bridgehead atoms. The molecule has 1 heterocycles. The number of halogens is 20. The first-order chi connectivity index (χ1) is 30.1. The zero-order valence-corrected chi connectivity index (χ0v) is 30.8. The summed E-state index contributed by atoms with van der Waals surface area (Å²) in [5.41, 5.74) is -12.1. The first-order valence-corrected chi connectivity index (χ1v) is 17.4. The highest BCUT2D eigenvalue weighted by Crippen LogP contribution is 2.31. The summed E-state index contributed by atoms with van der Waals surface area (Å²) in [5, 5.41) is 12.0. The Kier molecular flexibility index (Phi) is 12.8. The van der Waals surface area contributed by atoms with Gasteiger partial charge in [0.1, 0.15) is 59.3 Å². The standard InChI is InChI=1S/C24BF20.C17H16NO/c26-5-1(6(27)14(35)21(42)13(5)34)25(2-7(28)15(36)22(43)16(37)8(2)29,3-9(30)17(38)23(44)18(39)10(3)31)4-11(32)19(40)24(45)20(41)12(4)33;19-13-17-16-9-5-4-8-15(16)10-11-18(17)12-14-6-2-1-3-7-14/h;1-11,19H,12-13H2/q-1;+1. The molecule has 2 nitrogen and oxygen atoms in total. The van der Waals surface area contributed by atoms with E-state index in [-0.39, 0.29) is 6.61 Å². The quantitative estimate of drug-likeness (QED) is 0.0561. The Labute approximate surface area is 343 Å². The third-order valence-electron chi connectivity index (χ3n) is 10.1. The minimum Gasteiger partial charge on any atom is -0.385 e. The molecular formula is C41H16BF20NO. The zero-order valence-electron chi connectivity index (χ0n) is 30.8. The third-order valence-corrected chi connectivity index (χ3v) is 10.1. The number of aromatic nitrogens is 1. The highest BCUT2D eigenvalue weighted by atomic mass is 19.2. The topological polar surface area (TPSA) is 24.1 Å². The van der Waals surface area contributed by atoms with Crippen LogP contribution in [0.2, 0.25) is 0 Å². The SMILES string of the molecule is Fc1c(F)c(F)c([B-](c2c(F)c(F)c(F)c(F)c2F)(c2c(F)c(F)c(F)c(F)c2F)c2c(F)c(F)c(F)c(F)c2F)c(F)c1F.OCc1c2ccccc2cc[n+]1Cc1ccccc1. The number of hydrogen-bond donors (Lipinski definition) is 1. The molecule has 334 valence electrons. The maximum absolute atomic E-state index is 15.4. The van der Waals surface area contributed by atoms with Gasteiger partial charge in [-0.3, -0.25) is 0 Å². The second-order valence-electron chi connectivity index (χ2n) is 13.4. The molecule has 0 amide bonds. The molecule has 0 saturated carbocycles.